The average Bonchev–Trinajstić information content (AvgIpc) is 3.37. The quantitative estimate of drug-likeness (QED) is 0.837. The highest BCUT2D eigenvalue weighted by atomic mass is 16.2. The Morgan fingerprint density at radius 2 is 2.14 bits per heavy atom. The number of fused-ring (bicyclic) bond motifs is 3. The van der Waals surface area contributed by atoms with Gasteiger partial charge in [0.1, 0.15) is 0 Å². The third kappa shape index (κ3) is 1.64. The van der Waals surface area contributed by atoms with Crippen LogP contribution in [0.3, 0.4) is 0 Å². The summed E-state index contributed by atoms with van der Waals surface area (Å²) in [6.07, 6.45) is 6.47. The highest BCUT2D eigenvalue weighted by molar-refractivity contribution is 5.98. The summed E-state index contributed by atoms with van der Waals surface area (Å²) in [4.78, 5) is 14.6. The molecular weight excluding hydrogens is 272 g/mol. The van der Waals surface area contributed by atoms with Gasteiger partial charge in [0.2, 0.25) is 5.91 Å². The third-order valence-electron chi connectivity index (χ3n) is 6.22. The largest absolute Gasteiger partial charge is 0.312 e. The maximum absolute atomic E-state index is 12.6. The summed E-state index contributed by atoms with van der Waals surface area (Å²) >= 11 is 0. The number of rotatable bonds is 2. The fourth-order valence-electron chi connectivity index (χ4n) is 4.31. The molecule has 22 heavy (non-hydrogen) atoms. The Morgan fingerprint density at radius 1 is 1.32 bits per heavy atom. The Balaban J connectivity index is 1.56. The van der Waals surface area contributed by atoms with E-state index in [2.05, 4.69) is 24.3 Å². The van der Waals surface area contributed by atoms with E-state index >= 15 is 0 Å². The van der Waals surface area contributed by atoms with Gasteiger partial charge in [-0.25, -0.2) is 0 Å². The summed E-state index contributed by atoms with van der Waals surface area (Å²) in [6.45, 7) is 0.912. The summed E-state index contributed by atoms with van der Waals surface area (Å²) in [6, 6.07) is 9.04. The lowest BCUT2D eigenvalue weighted by Crippen LogP contribution is -2.37. The van der Waals surface area contributed by atoms with Gasteiger partial charge < -0.3 is 4.90 Å². The molecule has 1 aliphatic heterocycles. The Morgan fingerprint density at radius 3 is 2.77 bits per heavy atom. The minimum atomic E-state index is -0.248. The fraction of sp³-hybridized carbons (Fsp3) is 0.579. The number of amides is 1. The van der Waals surface area contributed by atoms with E-state index in [0.717, 1.165) is 44.3 Å². The summed E-state index contributed by atoms with van der Waals surface area (Å²) in [5, 5.41) is 9.58. The summed E-state index contributed by atoms with van der Waals surface area (Å²) < 4.78 is 0. The van der Waals surface area contributed by atoms with Crippen LogP contribution in [0.5, 0.6) is 0 Å². The predicted molar refractivity (Wildman–Crippen MR) is 83.5 cm³/mol. The molecule has 0 spiro atoms. The number of benzene rings is 1. The Bertz CT molecular complexity index is 709. The van der Waals surface area contributed by atoms with Gasteiger partial charge >= 0.3 is 0 Å². The van der Waals surface area contributed by atoms with Crippen LogP contribution < -0.4 is 4.90 Å². The molecule has 4 aliphatic rings. The monoisotopic (exact) mass is 292 g/mol. The molecule has 1 aromatic carbocycles. The van der Waals surface area contributed by atoms with Crippen molar-refractivity contribution in [1.29, 1.82) is 5.26 Å². The topological polar surface area (TPSA) is 44.1 Å². The number of hydrogen-bond acceptors (Lipinski definition) is 2. The van der Waals surface area contributed by atoms with E-state index in [1.54, 1.807) is 0 Å². The fourth-order valence-corrected chi connectivity index (χ4v) is 4.31. The molecule has 0 saturated heterocycles. The van der Waals surface area contributed by atoms with Crippen LogP contribution >= 0.6 is 0 Å². The van der Waals surface area contributed by atoms with Crippen LogP contribution in [0.25, 0.3) is 0 Å². The van der Waals surface area contributed by atoms with Gasteiger partial charge in [0, 0.05) is 18.2 Å². The standard InChI is InChI=1S/C19H20N2O/c20-11-19(6-1-7-19)14-4-5-17-16(9-14)15-8-13(15)10-21(17)18(22)12-2-3-12/h4-5,9,12-13,15H,1-3,6-8,10H2. The molecule has 2 atom stereocenters. The van der Waals surface area contributed by atoms with Crippen molar-refractivity contribution in [1.82, 2.24) is 0 Å². The first-order valence-electron chi connectivity index (χ1n) is 8.59. The number of carbonyl (C=O) groups excluding carboxylic acids is 1. The molecule has 0 N–H and O–H groups in total. The minimum absolute atomic E-state index is 0.248. The van der Waals surface area contributed by atoms with Crippen LogP contribution in [0.2, 0.25) is 0 Å². The summed E-state index contributed by atoms with van der Waals surface area (Å²) in [5.41, 5.74) is 3.41. The molecule has 3 nitrogen and oxygen atoms in total. The molecule has 1 amide bonds. The van der Waals surface area contributed by atoms with Gasteiger partial charge in [-0.1, -0.05) is 12.1 Å². The third-order valence-corrected chi connectivity index (χ3v) is 6.22. The highest BCUT2D eigenvalue weighted by Gasteiger charge is 2.49. The smallest absolute Gasteiger partial charge is 0.230 e. The molecular formula is C19H20N2O. The first-order chi connectivity index (χ1) is 10.7. The van der Waals surface area contributed by atoms with Crippen molar-refractivity contribution >= 4 is 11.6 Å². The van der Waals surface area contributed by atoms with E-state index in [1.165, 1.54) is 17.5 Å². The maximum atomic E-state index is 12.6. The van der Waals surface area contributed by atoms with Crippen LogP contribution in [0.4, 0.5) is 5.69 Å². The zero-order valence-electron chi connectivity index (χ0n) is 12.7. The highest BCUT2D eigenvalue weighted by Crippen LogP contribution is 2.56. The van der Waals surface area contributed by atoms with Crippen molar-refractivity contribution in [2.45, 2.75) is 49.9 Å². The van der Waals surface area contributed by atoms with Gasteiger partial charge in [-0.2, -0.15) is 5.26 Å². The number of nitrogens with zero attached hydrogens (tertiary/aromatic N) is 2. The summed E-state index contributed by atoms with van der Waals surface area (Å²) in [7, 11) is 0. The van der Waals surface area contributed by atoms with Crippen LogP contribution in [0.1, 0.15) is 55.6 Å². The van der Waals surface area contributed by atoms with Crippen LogP contribution in [0.15, 0.2) is 18.2 Å². The molecule has 0 radical (unpaired) electrons. The van der Waals surface area contributed by atoms with Gasteiger partial charge in [-0.15, -0.1) is 0 Å². The van der Waals surface area contributed by atoms with Crippen molar-refractivity contribution < 1.29 is 4.79 Å². The minimum Gasteiger partial charge on any atom is -0.312 e. The molecule has 3 saturated carbocycles. The second-order valence-corrected chi connectivity index (χ2v) is 7.65. The van der Waals surface area contributed by atoms with E-state index < -0.39 is 0 Å². The molecule has 3 fully saturated rings. The average molecular weight is 292 g/mol. The van der Waals surface area contributed by atoms with Crippen molar-refractivity contribution in [3.05, 3.63) is 29.3 Å². The van der Waals surface area contributed by atoms with Crippen molar-refractivity contribution in [2.24, 2.45) is 11.8 Å². The Labute approximate surface area is 130 Å². The molecule has 3 aliphatic carbocycles. The zero-order chi connectivity index (χ0) is 14.9. The van der Waals surface area contributed by atoms with Crippen LogP contribution in [-0.2, 0) is 10.2 Å². The van der Waals surface area contributed by atoms with Gasteiger partial charge in [-0.3, -0.25) is 4.79 Å². The zero-order valence-corrected chi connectivity index (χ0v) is 12.7. The molecule has 2 unspecified atom stereocenters. The lowest BCUT2D eigenvalue weighted by molar-refractivity contribution is -0.119. The number of nitriles is 1. The SMILES string of the molecule is N#CC1(c2ccc3c(c2)C2CC2CN3C(=O)C2CC2)CCC1. The van der Waals surface area contributed by atoms with Crippen molar-refractivity contribution in [3.63, 3.8) is 0 Å². The first kappa shape index (κ1) is 12.7. The van der Waals surface area contributed by atoms with Gasteiger partial charge in [0.25, 0.3) is 0 Å². The van der Waals surface area contributed by atoms with Gasteiger partial charge in [0.15, 0.2) is 0 Å². The molecule has 1 aromatic rings. The van der Waals surface area contributed by atoms with Crippen molar-refractivity contribution in [3.8, 4) is 6.07 Å². The van der Waals surface area contributed by atoms with E-state index in [4.69, 9.17) is 0 Å². The number of hydrogen-bond donors (Lipinski definition) is 0. The van der Waals surface area contributed by atoms with Crippen LogP contribution in [0, 0.1) is 23.2 Å². The number of carbonyl (C=O) groups is 1. The number of anilines is 1. The molecule has 5 rings (SSSR count). The first-order valence-corrected chi connectivity index (χ1v) is 8.59. The van der Waals surface area contributed by atoms with Crippen molar-refractivity contribution in [2.75, 3.05) is 11.4 Å². The maximum Gasteiger partial charge on any atom is 0.230 e. The molecule has 1 heterocycles. The van der Waals surface area contributed by atoms with E-state index in [1.807, 2.05) is 4.90 Å². The van der Waals surface area contributed by atoms with E-state index in [-0.39, 0.29) is 11.3 Å². The second-order valence-electron chi connectivity index (χ2n) is 7.65. The lowest BCUT2D eigenvalue weighted by Gasteiger charge is -2.37. The Hall–Kier alpha value is -1.82. The molecule has 0 bridgehead atoms. The van der Waals surface area contributed by atoms with Gasteiger partial charge in [-0.05, 0) is 67.6 Å². The van der Waals surface area contributed by atoms with E-state index in [0.29, 0.717) is 17.7 Å². The molecule has 112 valence electrons. The van der Waals surface area contributed by atoms with E-state index in [9.17, 15) is 10.1 Å². The lowest BCUT2D eigenvalue weighted by atomic mass is 9.65. The molecule has 0 aromatic heterocycles. The second kappa shape index (κ2) is 4.13. The Kier molecular flexibility index (Phi) is 2.38. The van der Waals surface area contributed by atoms with Crippen LogP contribution in [-0.4, -0.2) is 12.5 Å². The predicted octanol–water partition coefficient (Wildman–Crippen LogP) is 3.49. The summed E-state index contributed by atoms with van der Waals surface area (Å²) in [5.74, 6) is 1.90. The molecule has 3 heteroatoms. The normalized spacial score (nSPS) is 30.6. The van der Waals surface area contributed by atoms with Gasteiger partial charge in [0.05, 0.1) is 11.5 Å².